The van der Waals surface area contributed by atoms with Crippen molar-refractivity contribution < 1.29 is 14.3 Å². The molecule has 1 unspecified atom stereocenters. The van der Waals surface area contributed by atoms with Gasteiger partial charge in [0.15, 0.2) is 17.1 Å². The van der Waals surface area contributed by atoms with Gasteiger partial charge in [-0.3, -0.25) is 4.79 Å². The molecule has 3 heterocycles. The summed E-state index contributed by atoms with van der Waals surface area (Å²) in [5, 5.41) is 7.80. The fraction of sp³-hybridized carbons (Fsp3) is 0.458. The Labute approximate surface area is 181 Å². The van der Waals surface area contributed by atoms with Crippen molar-refractivity contribution in [1.82, 2.24) is 19.9 Å². The van der Waals surface area contributed by atoms with E-state index in [-0.39, 0.29) is 11.9 Å². The number of hydrogen-bond acceptors (Lipinski definition) is 5. The van der Waals surface area contributed by atoms with Crippen molar-refractivity contribution in [3.05, 3.63) is 52.5 Å². The Morgan fingerprint density at radius 2 is 1.94 bits per heavy atom. The molecule has 1 N–H and O–H groups in total. The Morgan fingerprint density at radius 1 is 1.16 bits per heavy atom. The number of rotatable bonds is 6. The van der Waals surface area contributed by atoms with Crippen LogP contribution in [-0.2, 0) is 11.2 Å². The van der Waals surface area contributed by atoms with Gasteiger partial charge in [-0.05, 0) is 69.2 Å². The molecule has 1 fully saturated rings. The normalized spacial score (nSPS) is 16.4. The second-order valence-corrected chi connectivity index (χ2v) is 8.60. The van der Waals surface area contributed by atoms with Crippen LogP contribution >= 0.6 is 0 Å². The van der Waals surface area contributed by atoms with Gasteiger partial charge >= 0.3 is 0 Å². The highest BCUT2D eigenvalue weighted by atomic mass is 16.6. The van der Waals surface area contributed by atoms with Gasteiger partial charge in [0.2, 0.25) is 5.91 Å². The maximum atomic E-state index is 12.9. The van der Waals surface area contributed by atoms with Gasteiger partial charge in [0.05, 0.1) is 11.7 Å². The highest BCUT2D eigenvalue weighted by Gasteiger charge is 2.34. The zero-order valence-corrected chi connectivity index (χ0v) is 18.3. The number of benzene rings is 1. The molecule has 0 radical (unpaired) electrons. The molecule has 7 heteroatoms. The van der Waals surface area contributed by atoms with Crippen molar-refractivity contribution in [2.24, 2.45) is 5.92 Å². The van der Waals surface area contributed by atoms with Crippen LogP contribution in [0.2, 0.25) is 0 Å². The lowest BCUT2D eigenvalue weighted by Gasteiger charge is -2.23. The Balaban J connectivity index is 1.30. The monoisotopic (exact) mass is 420 g/mol. The third kappa shape index (κ3) is 3.96. The van der Waals surface area contributed by atoms with Crippen LogP contribution in [0, 0.1) is 26.7 Å². The number of carbonyl (C=O) groups excluding carboxylic acids is 1. The van der Waals surface area contributed by atoms with Crippen LogP contribution in [-0.4, -0.2) is 33.7 Å². The molecule has 162 valence electrons. The average Bonchev–Trinajstić information content (AvgIpc) is 3.53. The van der Waals surface area contributed by atoms with Crippen LogP contribution in [0.15, 0.2) is 24.3 Å². The summed E-state index contributed by atoms with van der Waals surface area (Å²) in [5.74, 6) is 2.09. The van der Waals surface area contributed by atoms with E-state index in [1.54, 1.807) is 0 Å². The quantitative estimate of drug-likeness (QED) is 0.659. The molecule has 5 rings (SSSR count). The van der Waals surface area contributed by atoms with Crippen LogP contribution in [0.4, 0.5) is 0 Å². The summed E-state index contributed by atoms with van der Waals surface area (Å²) in [6.07, 6.45) is 3.33. The Bertz CT molecular complexity index is 1150. The van der Waals surface area contributed by atoms with Gasteiger partial charge in [-0.25, -0.2) is 9.50 Å². The third-order valence-corrected chi connectivity index (χ3v) is 6.22. The molecular weight excluding hydrogens is 392 g/mol. The Hall–Kier alpha value is -3.09. The smallest absolute Gasteiger partial charge is 0.220 e. The highest BCUT2D eigenvalue weighted by Crippen LogP contribution is 2.43. The molecule has 1 saturated carbocycles. The fourth-order valence-corrected chi connectivity index (χ4v) is 4.44. The van der Waals surface area contributed by atoms with Crippen molar-refractivity contribution >= 4 is 11.6 Å². The molecule has 1 atom stereocenters. The van der Waals surface area contributed by atoms with Gasteiger partial charge in [-0.15, -0.1) is 0 Å². The predicted octanol–water partition coefficient (Wildman–Crippen LogP) is 3.63. The summed E-state index contributed by atoms with van der Waals surface area (Å²) in [6.45, 7) is 7.15. The first-order valence-electron chi connectivity index (χ1n) is 11.0. The zero-order chi connectivity index (χ0) is 21.5. The van der Waals surface area contributed by atoms with E-state index in [1.807, 2.05) is 49.6 Å². The van der Waals surface area contributed by atoms with Gasteiger partial charge in [0.25, 0.3) is 0 Å². The lowest BCUT2D eigenvalue weighted by atomic mass is 10.0. The maximum Gasteiger partial charge on any atom is 0.220 e. The van der Waals surface area contributed by atoms with Gasteiger partial charge in [0.1, 0.15) is 13.2 Å². The summed E-state index contributed by atoms with van der Waals surface area (Å²) < 4.78 is 13.2. The summed E-state index contributed by atoms with van der Waals surface area (Å²) in [5.41, 5.74) is 5.98. The minimum Gasteiger partial charge on any atom is -0.486 e. The van der Waals surface area contributed by atoms with Crippen LogP contribution in [0.1, 0.15) is 53.5 Å². The summed E-state index contributed by atoms with van der Waals surface area (Å²) >= 11 is 0. The molecule has 31 heavy (non-hydrogen) atoms. The number of aryl methyl sites for hydroxylation is 3. The number of fused-ring (bicyclic) bond motifs is 2. The van der Waals surface area contributed by atoms with Crippen LogP contribution in [0.3, 0.4) is 0 Å². The van der Waals surface area contributed by atoms with E-state index in [9.17, 15) is 4.79 Å². The largest absolute Gasteiger partial charge is 0.486 e. The maximum absolute atomic E-state index is 12.9. The standard InChI is InChI=1S/C24H28N4O3/c1-14-12-22-25-15(2)19(16(3)28(22)27-14)7-9-23(29)26-24(17-4-5-17)18-6-8-20-21(13-18)31-11-10-30-20/h6,8,12-13,17,24H,4-5,7,9-11H2,1-3H3,(H,26,29). The minimum absolute atomic E-state index is 0.0138. The average molecular weight is 421 g/mol. The van der Waals surface area contributed by atoms with E-state index < -0.39 is 0 Å². The molecule has 0 saturated heterocycles. The molecule has 7 nitrogen and oxygen atoms in total. The first-order chi connectivity index (χ1) is 15.0. The number of nitrogens with one attached hydrogen (secondary N) is 1. The summed E-state index contributed by atoms with van der Waals surface area (Å²) in [4.78, 5) is 17.6. The van der Waals surface area contributed by atoms with Crippen LogP contribution in [0.5, 0.6) is 11.5 Å². The second kappa shape index (κ2) is 7.87. The van der Waals surface area contributed by atoms with Gasteiger partial charge in [-0.2, -0.15) is 5.10 Å². The first-order valence-corrected chi connectivity index (χ1v) is 11.0. The minimum atomic E-state index is 0.0138. The van der Waals surface area contributed by atoms with E-state index in [0.29, 0.717) is 32.0 Å². The van der Waals surface area contributed by atoms with E-state index in [2.05, 4.69) is 15.4 Å². The number of aromatic nitrogens is 3. The van der Waals surface area contributed by atoms with Crippen molar-refractivity contribution in [3.8, 4) is 11.5 Å². The second-order valence-electron chi connectivity index (χ2n) is 8.60. The molecule has 2 aliphatic rings. The number of nitrogens with zero attached hydrogens (tertiary/aromatic N) is 3. The van der Waals surface area contributed by atoms with Crippen molar-refractivity contribution in [3.63, 3.8) is 0 Å². The van der Waals surface area contributed by atoms with Gasteiger partial charge in [-0.1, -0.05) is 6.07 Å². The summed E-state index contributed by atoms with van der Waals surface area (Å²) in [6, 6.07) is 8.00. The molecule has 1 aromatic carbocycles. The third-order valence-electron chi connectivity index (χ3n) is 6.22. The lowest BCUT2D eigenvalue weighted by molar-refractivity contribution is -0.122. The number of ether oxygens (including phenoxy) is 2. The molecule has 1 aliphatic carbocycles. The number of carbonyl (C=O) groups is 1. The van der Waals surface area contributed by atoms with E-state index in [0.717, 1.165) is 58.2 Å². The Morgan fingerprint density at radius 3 is 2.71 bits per heavy atom. The van der Waals surface area contributed by atoms with Crippen LogP contribution < -0.4 is 14.8 Å². The summed E-state index contributed by atoms with van der Waals surface area (Å²) in [7, 11) is 0. The molecule has 2 aromatic heterocycles. The molecule has 0 bridgehead atoms. The van der Waals surface area contributed by atoms with Crippen LogP contribution in [0.25, 0.3) is 5.65 Å². The number of hydrogen-bond donors (Lipinski definition) is 1. The molecular formula is C24H28N4O3. The molecule has 3 aromatic rings. The fourth-order valence-electron chi connectivity index (χ4n) is 4.44. The predicted molar refractivity (Wildman–Crippen MR) is 117 cm³/mol. The van der Waals surface area contributed by atoms with Gasteiger partial charge < -0.3 is 14.8 Å². The zero-order valence-electron chi connectivity index (χ0n) is 18.3. The van der Waals surface area contributed by atoms with Gasteiger partial charge in [0, 0.05) is 23.9 Å². The van der Waals surface area contributed by atoms with E-state index in [1.165, 1.54) is 0 Å². The SMILES string of the molecule is Cc1cc2nc(C)c(CCC(=O)NC(c3ccc4c(c3)OCCO4)C3CC3)c(C)n2n1. The van der Waals surface area contributed by atoms with E-state index >= 15 is 0 Å². The van der Waals surface area contributed by atoms with Crippen molar-refractivity contribution in [2.45, 2.75) is 52.5 Å². The lowest BCUT2D eigenvalue weighted by Crippen LogP contribution is -2.30. The van der Waals surface area contributed by atoms with E-state index in [4.69, 9.17) is 9.47 Å². The molecule has 1 amide bonds. The van der Waals surface area contributed by atoms with Crippen molar-refractivity contribution in [1.29, 1.82) is 0 Å². The van der Waals surface area contributed by atoms with Crippen molar-refractivity contribution in [2.75, 3.05) is 13.2 Å². The highest BCUT2D eigenvalue weighted by molar-refractivity contribution is 5.77. The topological polar surface area (TPSA) is 77.8 Å². The Kier molecular flexibility index (Phi) is 5.04. The first kappa shape index (κ1) is 19.8. The molecule has 0 spiro atoms. The molecule has 1 aliphatic heterocycles. The number of amides is 1.